The zero-order valence-electron chi connectivity index (χ0n) is 17.2. The summed E-state index contributed by atoms with van der Waals surface area (Å²) in [5.41, 5.74) is 0.599. The average Bonchev–Trinajstić information content (AvgIpc) is 2.74. The summed E-state index contributed by atoms with van der Waals surface area (Å²) in [5, 5.41) is 3.27. The van der Waals surface area contributed by atoms with E-state index >= 15 is 0 Å². The van der Waals surface area contributed by atoms with Gasteiger partial charge in [-0.2, -0.15) is 0 Å². The maximum atomic E-state index is 12.9. The van der Waals surface area contributed by atoms with Crippen LogP contribution in [0.5, 0.6) is 0 Å². The molecule has 0 unspecified atom stereocenters. The predicted octanol–water partition coefficient (Wildman–Crippen LogP) is 4.22. The maximum Gasteiger partial charge on any atom is 0.261 e. The van der Waals surface area contributed by atoms with Crippen molar-refractivity contribution in [3.8, 4) is 0 Å². The Kier molecular flexibility index (Phi) is 5.63. The first-order valence-electron chi connectivity index (χ1n) is 10.2. The first-order valence-corrected chi connectivity index (χ1v) is 11.2. The molecule has 1 amide bonds. The van der Waals surface area contributed by atoms with Gasteiger partial charge < -0.3 is 4.90 Å². The molecule has 1 heterocycles. The normalized spacial score (nSPS) is 19.6. The molecule has 0 atom stereocenters. The zero-order chi connectivity index (χ0) is 20.5. The van der Waals surface area contributed by atoms with E-state index in [0.717, 1.165) is 29.5 Å². The van der Waals surface area contributed by atoms with Crippen LogP contribution in [0.4, 0.5) is 0 Å². The fourth-order valence-corrected chi connectivity index (χ4v) is 5.02. The number of nitrogens with zero attached hydrogens (tertiary/aromatic N) is 3. The van der Waals surface area contributed by atoms with Crippen LogP contribution in [0.15, 0.2) is 46.3 Å². The number of hydrogen-bond donors (Lipinski definition) is 0. The van der Waals surface area contributed by atoms with Crippen molar-refractivity contribution < 1.29 is 4.79 Å². The topological polar surface area (TPSA) is 55.2 Å². The van der Waals surface area contributed by atoms with Crippen LogP contribution < -0.4 is 5.56 Å². The Balaban J connectivity index is 1.54. The lowest BCUT2D eigenvalue weighted by Gasteiger charge is -2.33. The van der Waals surface area contributed by atoms with Crippen molar-refractivity contribution >= 4 is 39.3 Å². The van der Waals surface area contributed by atoms with E-state index in [1.54, 1.807) is 11.6 Å². The van der Waals surface area contributed by atoms with Crippen molar-refractivity contribution in [1.29, 1.82) is 0 Å². The van der Waals surface area contributed by atoms with E-state index in [-0.39, 0.29) is 11.5 Å². The van der Waals surface area contributed by atoms with Gasteiger partial charge in [-0.1, -0.05) is 43.0 Å². The Morgan fingerprint density at radius 3 is 2.52 bits per heavy atom. The number of benzene rings is 2. The Bertz CT molecular complexity index is 1120. The van der Waals surface area contributed by atoms with E-state index in [4.69, 9.17) is 4.98 Å². The van der Waals surface area contributed by atoms with Crippen LogP contribution in [0.3, 0.4) is 0 Å². The summed E-state index contributed by atoms with van der Waals surface area (Å²) < 4.78 is 1.55. The van der Waals surface area contributed by atoms with Gasteiger partial charge in [0.1, 0.15) is 0 Å². The number of hydrogen-bond acceptors (Lipinski definition) is 4. The molecule has 6 heteroatoms. The Hall–Kier alpha value is -2.34. The third kappa shape index (κ3) is 4.04. The van der Waals surface area contributed by atoms with Crippen molar-refractivity contribution in [2.24, 2.45) is 13.0 Å². The summed E-state index contributed by atoms with van der Waals surface area (Å²) in [4.78, 5) is 32.2. The highest BCUT2D eigenvalue weighted by Crippen LogP contribution is 2.27. The third-order valence-corrected chi connectivity index (χ3v) is 7.17. The highest BCUT2D eigenvalue weighted by Gasteiger charge is 2.25. The molecule has 2 aromatic carbocycles. The fraction of sp³-hybridized carbons (Fsp3) is 0.435. The van der Waals surface area contributed by atoms with E-state index in [0.29, 0.717) is 27.9 Å². The Labute approximate surface area is 175 Å². The monoisotopic (exact) mass is 409 g/mol. The van der Waals surface area contributed by atoms with Gasteiger partial charge in [-0.15, -0.1) is 0 Å². The smallest absolute Gasteiger partial charge is 0.261 e. The number of fused-ring (bicyclic) bond motifs is 2. The summed E-state index contributed by atoms with van der Waals surface area (Å²) in [7, 11) is 3.63. The molecule has 0 saturated heterocycles. The van der Waals surface area contributed by atoms with E-state index in [2.05, 4.69) is 6.92 Å². The standard InChI is InChI=1S/C23H27N3O2S/c1-15-8-10-18(11-9-15)25(2)21(27)14-29-23-24-20-13-17-7-5-4-6-16(17)12-19(20)22(28)26(23)3/h4-7,12-13,15,18H,8-11,14H2,1-3H3. The van der Waals surface area contributed by atoms with Gasteiger partial charge in [0, 0.05) is 20.1 Å². The fourth-order valence-electron chi connectivity index (χ4n) is 4.13. The largest absolute Gasteiger partial charge is 0.342 e. The Morgan fingerprint density at radius 1 is 1.17 bits per heavy atom. The molecule has 0 bridgehead atoms. The summed E-state index contributed by atoms with van der Waals surface area (Å²) in [6.45, 7) is 2.28. The number of carbonyl (C=O) groups excluding carboxylic acids is 1. The third-order valence-electron chi connectivity index (χ3n) is 6.15. The lowest BCUT2D eigenvalue weighted by Crippen LogP contribution is -2.40. The number of amides is 1. The number of rotatable bonds is 4. The lowest BCUT2D eigenvalue weighted by atomic mass is 9.87. The van der Waals surface area contributed by atoms with Crippen LogP contribution in [-0.2, 0) is 11.8 Å². The van der Waals surface area contributed by atoms with Gasteiger partial charge >= 0.3 is 0 Å². The van der Waals surface area contributed by atoms with Crippen LogP contribution in [0.2, 0.25) is 0 Å². The van der Waals surface area contributed by atoms with Crippen LogP contribution in [-0.4, -0.2) is 39.2 Å². The molecule has 1 saturated carbocycles. The molecule has 0 aliphatic heterocycles. The minimum absolute atomic E-state index is 0.0784. The molecule has 29 heavy (non-hydrogen) atoms. The van der Waals surface area contributed by atoms with Crippen molar-refractivity contribution in [2.75, 3.05) is 12.8 Å². The second-order valence-electron chi connectivity index (χ2n) is 8.18. The van der Waals surface area contributed by atoms with Crippen LogP contribution in [0.1, 0.15) is 32.6 Å². The number of thioether (sulfide) groups is 1. The number of carbonyl (C=O) groups is 1. The molecular formula is C23H27N3O2S. The van der Waals surface area contributed by atoms with Gasteiger partial charge in [-0.25, -0.2) is 4.98 Å². The van der Waals surface area contributed by atoms with Crippen molar-refractivity contribution in [2.45, 2.75) is 43.8 Å². The van der Waals surface area contributed by atoms with Gasteiger partial charge in [0.2, 0.25) is 5.91 Å². The van der Waals surface area contributed by atoms with Crippen LogP contribution in [0.25, 0.3) is 21.7 Å². The minimum Gasteiger partial charge on any atom is -0.342 e. The minimum atomic E-state index is -0.0784. The van der Waals surface area contributed by atoms with Gasteiger partial charge in [0.25, 0.3) is 5.56 Å². The van der Waals surface area contributed by atoms with Gasteiger partial charge in [0.05, 0.1) is 16.7 Å². The van der Waals surface area contributed by atoms with Crippen LogP contribution in [0, 0.1) is 5.92 Å². The van der Waals surface area contributed by atoms with E-state index in [1.165, 1.54) is 24.6 Å². The Morgan fingerprint density at radius 2 is 1.83 bits per heavy atom. The van der Waals surface area contributed by atoms with Gasteiger partial charge in [-0.05, 0) is 54.5 Å². The summed E-state index contributed by atoms with van der Waals surface area (Å²) in [6, 6.07) is 12.1. The van der Waals surface area contributed by atoms with Gasteiger partial charge in [-0.3, -0.25) is 14.2 Å². The van der Waals surface area contributed by atoms with Crippen LogP contribution >= 0.6 is 11.8 Å². The van der Waals surface area contributed by atoms with E-state index < -0.39 is 0 Å². The first kappa shape index (κ1) is 20.0. The van der Waals surface area contributed by atoms with E-state index in [9.17, 15) is 9.59 Å². The maximum absolute atomic E-state index is 12.9. The van der Waals surface area contributed by atoms with Gasteiger partial charge in [0.15, 0.2) is 5.16 Å². The molecular weight excluding hydrogens is 382 g/mol. The second kappa shape index (κ2) is 8.19. The first-order chi connectivity index (χ1) is 13.9. The molecule has 1 aliphatic rings. The lowest BCUT2D eigenvalue weighted by molar-refractivity contribution is -0.129. The molecule has 1 fully saturated rings. The quantitative estimate of drug-likeness (QED) is 0.368. The summed E-state index contributed by atoms with van der Waals surface area (Å²) in [6.07, 6.45) is 4.52. The molecule has 5 nitrogen and oxygen atoms in total. The van der Waals surface area contributed by atoms with E-state index in [1.807, 2.05) is 48.3 Å². The molecule has 1 aromatic heterocycles. The highest BCUT2D eigenvalue weighted by atomic mass is 32.2. The molecule has 152 valence electrons. The van der Waals surface area contributed by atoms with Crippen molar-refractivity contribution in [3.05, 3.63) is 46.8 Å². The highest BCUT2D eigenvalue weighted by molar-refractivity contribution is 7.99. The van der Waals surface area contributed by atoms with Crippen molar-refractivity contribution in [3.63, 3.8) is 0 Å². The summed E-state index contributed by atoms with van der Waals surface area (Å²) in [5.74, 6) is 1.15. The molecule has 0 spiro atoms. The molecule has 4 rings (SSSR count). The second-order valence-corrected chi connectivity index (χ2v) is 9.12. The molecule has 0 radical (unpaired) electrons. The zero-order valence-corrected chi connectivity index (χ0v) is 18.0. The summed E-state index contributed by atoms with van der Waals surface area (Å²) >= 11 is 1.34. The number of aromatic nitrogens is 2. The SMILES string of the molecule is CC1CCC(N(C)C(=O)CSc2nc3cc4ccccc4cc3c(=O)n2C)CC1. The molecule has 1 aliphatic carbocycles. The van der Waals surface area contributed by atoms with Crippen molar-refractivity contribution in [1.82, 2.24) is 14.5 Å². The average molecular weight is 410 g/mol. The molecule has 3 aromatic rings. The predicted molar refractivity (Wildman–Crippen MR) is 119 cm³/mol. The molecule has 0 N–H and O–H groups in total.